The number of hydrogen-bond donors (Lipinski definition) is 0. The van der Waals surface area contributed by atoms with Crippen LogP contribution in [0.5, 0.6) is 0 Å². The van der Waals surface area contributed by atoms with Gasteiger partial charge in [-0.25, -0.2) is 0 Å². The van der Waals surface area contributed by atoms with Crippen LogP contribution in [-0.4, -0.2) is 5.43 Å². The molecule has 0 saturated heterocycles. The maximum absolute atomic E-state index is 2.48. The summed E-state index contributed by atoms with van der Waals surface area (Å²) in [5.41, 5.74) is 11.6. The van der Waals surface area contributed by atoms with E-state index in [-0.39, 0.29) is 35.7 Å². The number of rotatable bonds is 5. The maximum Gasteiger partial charge on any atom is -1.00 e. The molecule has 52 heavy (non-hydrogen) atoms. The second-order valence-corrected chi connectivity index (χ2v) is 25.6. The number of benzene rings is 4. The van der Waals surface area contributed by atoms with E-state index < -0.39 is 0 Å². The van der Waals surface area contributed by atoms with Crippen LogP contribution < -0.4 is 24.8 Å². The molecule has 0 amide bonds. The quantitative estimate of drug-likeness (QED) is 0.121. The van der Waals surface area contributed by atoms with E-state index >= 15 is 0 Å². The molecule has 6 aromatic carbocycles. The molecule has 1 aliphatic rings. The van der Waals surface area contributed by atoms with E-state index in [1.165, 1.54) is 86.2 Å². The monoisotopic (exact) mass is 822 g/mol. The van der Waals surface area contributed by atoms with Crippen molar-refractivity contribution < 1.29 is 48.1 Å². The summed E-state index contributed by atoms with van der Waals surface area (Å²) in [6.45, 7) is 20.5. The van der Waals surface area contributed by atoms with E-state index in [1.54, 1.807) is 28.9 Å². The third-order valence-electron chi connectivity index (χ3n) is 10.4. The summed E-state index contributed by atoms with van der Waals surface area (Å²) in [7, 11) is 0. The van der Waals surface area contributed by atoms with Crippen molar-refractivity contribution >= 4 is 27.0 Å². The largest absolute Gasteiger partial charge is 1.00 e. The zero-order valence-corrected chi connectivity index (χ0v) is 37.9. The fourth-order valence-electron chi connectivity index (χ4n) is 7.29. The first-order valence-electron chi connectivity index (χ1n) is 18.9. The Balaban J connectivity index is 0.000000252. The van der Waals surface area contributed by atoms with Gasteiger partial charge >= 0.3 is 41.9 Å². The Morgan fingerprint density at radius 2 is 1.19 bits per heavy atom. The number of hydrogen-bond acceptors (Lipinski definition) is 0. The zero-order chi connectivity index (χ0) is 36.0. The molecule has 0 radical (unpaired) electrons. The van der Waals surface area contributed by atoms with Crippen LogP contribution in [0.25, 0.3) is 43.8 Å². The minimum Gasteiger partial charge on any atom is -1.00 e. The molecule has 0 atom stereocenters. The predicted molar refractivity (Wildman–Crippen MR) is 220 cm³/mol. The van der Waals surface area contributed by atoms with Gasteiger partial charge in [0, 0.05) is 0 Å². The van der Waals surface area contributed by atoms with Gasteiger partial charge in [0.25, 0.3) is 0 Å². The van der Waals surface area contributed by atoms with Crippen LogP contribution in [0.3, 0.4) is 0 Å². The average Bonchev–Trinajstić information content (AvgIpc) is 3.73. The van der Waals surface area contributed by atoms with E-state index in [9.17, 15) is 0 Å². The molecule has 1 saturated carbocycles. The van der Waals surface area contributed by atoms with Crippen molar-refractivity contribution in [2.75, 3.05) is 0 Å². The van der Waals surface area contributed by atoms with Gasteiger partial charge in [-0.2, -0.15) is 12.1 Å². The second-order valence-electron chi connectivity index (χ2n) is 16.2. The van der Waals surface area contributed by atoms with Crippen molar-refractivity contribution in [2.45, 2.75) is 111 Å². The first-order valence-corrected chi connectivity index (χ1v) is 25.1. The number of aryl methyl sites for hydroxylation is 1. The summed E-state index contributed by atoms with van der Waals surface area (Å²) in [5, 5.41) is 5.55. The van der Waals surface area contributed by atoms with Gasteiger partial charge in [0.05, 0.1) is 0 Å². The Kier molecular flexibility index (Phi) is 16.9. The van der Waals surface area contributed by atoms with Gasteiger partial charge < -0.3 is 24.8 Å². The number of halogens is 2. The summed E-state index contributed by atoms with van der Waals surface area (Å²) in [4.78, 5) is 0. The Morgan fingerprint density at radius 1 is 0.712 bits per heavy atom. The van der Waals surface area contributed by atoms with E-state index in [0.717, 1.165) is 18.3 Å². The zero-order valence-electron chi connectivity index (χ0n) is 32.9. The molecule has 0 aromatic heterocycles. The molecule has 0 bridgehead atoms. The van der Waals surface area contributed by atoms with Gasteiger partial charge in [-0.1, -0.05) is 133 Å². The van der Waals surface area contributed by atoms with Crippen molar-refractivity contribution in [3.8, 4) is 22.3 Å². The topological polar surface area (TPSA) is 0 Å². The van der Waals surface area contributed by atoms with Crippen molar-refractivity contribution in [3.63, 3.8) is 0 Å². The fraction of sp³-hybridized carbons (Fsp3) is 0.375. The van der Waals surface area contributed by atoms with Crippen molar-refractivity contribution in [1.29, 1.82) is 0 Å². The van der Waals surface area contributed by atoms with Gasteiger partial charge in [-0.15, -0.1) is 69.1 Å². The average molecular weight is 825 g/mol. The van der Waals surface area contributed by atoms with Crippen molar-refractivity contribution in [3.05, 3.63) is 131 Å². The van der Waals surface area contributed by atoms with Crippen LogP contribution in [0.15, 0.2) is 109 Å². The summed E-state index contributed by atoms with van der Waals surface area (Å²) in [6.07, 6.45) is 6.57. The van der Waals surface area contributed by atoms with Crippen LogP contribution in [0.2, 0.25) is 13.1 Å². The molecule has 0 heterocycles. The van der Waals surface area contributed by atoms with Gasteiger partial charge in [0.15, 0.2) is 0 Å². The SMILES string of the molecule is CC1CCC(c2cc3c(-c4ccc(C(C)(C)C)cc4)cccc3[cH-]2)CC1.CCc1cc2c(-c3ccc(C(C)C)cc3)cccc2[cH-]1.C[Si](C)=[Zr+2].[Cl-].[Cl-]. The van der Waals surface area contributed by atoms with Gasteiger partial charge in [0.2, 0.25) is 0 Å². The molecule has 0 nitrogen and oxygen atoms in total. The molecular weight excluding hydrogens is 767 g/mol. The van der Waals surface area contributed by atoms with E-state index in [4.69, 9.17) is 0 Å². The molecule has 1 aliphatic carbocycles. The minimum absolute atomic E-state index is 0. The van der Waals surface area contributed by atoms with Crippen molar-refractivity contribution in [1.82, 2.24) is 0 Å². The van der Waals surface area contributed by atoms with Crippen LogP contribution >= 0.6 is 0 Å². The van der Waals surface area contributed by atoms with Crippen LogP contribution in [0.4, 0.5) is 0 Å². The molecule has 0 aliphatic heterocycles. The van der Waals surface area contributed by atoms with Crippen LogP contribution in [0, 0.1) is 5.92 Å². The maximum atomic E-state index is 2.48. The third kappa shape index (κ3) is 11.4. The smallest absolute Gasteiger partial charge is 1.00 e. The van der Waals surface area contributed by atoms with E-state index in [1.807, 2.05) is 0 Å². The molecule has 274 valence electrons. The second kappa shape index (κ2) is 19.9. The van der Waals surface area contributed by atoms with E-state index in [2.05, 4.69) is 171 Å². The Labute approximate surface area is 343 Å². The number of fused-ring (bicyclic) bond motifs is 2. The van der Waals surface area contributed by atoms with Gasteiger partial charge in [-0.3, -0.25) is 0 Å². The summed E-state index contributed by atoms with van der Waals surface area (Å²) < 4.78 is 0. The first kappa shape index (κ1) is 44.2. The summed E-state index contributed by atoms with van der Waals surface area (Å²) >= 11 is 1.74. The molecule has 4 heteroatoms. The molecule has 7 rings (SSSR count). The third-order valence-corrected chi connectivity index (χ3v) is 10.4. The van der Waals surface area contributed by atoms with Crippen molar-refractivity contribution in [2.24, 2.45) is 5.92 Å². The Bertz CT molecular complexity index is 1990. The standard InChI is InChI=1S/C26H31.C20H21.C2H6Si.2ClH.Zr/c1-18-8-10-19(11-9-18)22-16-21-6-5-7-24(25(21)17-22)20-12-14-23(15-13-20)26(2,3)4;1-4-15-12-18-6-5-7-19(20(18)13-15)17-10-8-16(9-11-17)14(2)3;1-3-2;;;/h5-7,12-19H,8-11H2,1-4H3;5-14H,4H2,1-3H3;1-2H3;2*1H;/q2*-1;;;;+2/p-2. The predicted octanol–water partition coefficient (Wildman–Crippen LogP) is 8.52. The first-order chi connectivity index (χ1) is 23.8. The Morgan fingerprint density at radius 3 is 1.67 bits per heavy atom. The minimum atomic E-state index is 0. The van der Waals surface area contributed by atoms with Crippen LogP contribution in [0.1, 0.15) is 108 Å². The molecule has 6 aromatic rings. The summed E-state index contributed by atoms with van der Waals surface area (Å²) in [5.74, 6) is 2.26. The molecular formula is C48H58Cl2SiZr-2. The van der Waals surface area contributed by atoms with Gasteiger partial charge in [-0.05, 0) is 64.7 Å². The molecule has 0 spiro atoms. The molecule has 1 fully saturated rings. The molecule has 0 N–H and O–H groups in total. The fourth-order valence-corrected chi connectivity index (χ4v) is 7.29. The van der Waals surface area contributed by atoms with Gasteiger partial charge in [0.1, 0.15) is 0 Å². The summed E-state index contributed by atoms with van der Waals surface area (Å²) in [6, 6.07) is 41.1. The van der Waals surface area contributed by atoms with E-state index in [0.29, 0.717) is 5.92 Å². The molecule has 0 unspecified atom stereocenters. The van der Waals surface area contributed by atoms with Crippen LogP contribution in [-0.2, 0) is 35.2 Å². The normalized spacial score (nSPS) is 15.5. The Hall–Kier alpha value is -2.22.